The lowest BCUT2D eigenvalue weighted by Gasteiger charge is -2.37. The molecule has 0 aromatic heterocycles. The third-order valence-electron chi connectivity index (χ3n) is 3.49. The van der Waals surface area contributed by atoms with Crippen molar-refractivity contribution in [3.63, 3.8) is 0 Å². The van der Waals surface area contributed by atoms with E-state index >= 15 is 0 Å². The van der Waals surface area contributed by atoms with Crippen molar-refractivity contribution in [2.75, 3.05) is 7.11 Å². The van der Waals surface area contributed by atoms with Crippen molar-refractivity contribution in [2.24, 2.45) is 4.99 Å². The summed E-state index contributed by atoms with van der Waals surface area (Å²) in [5, 5.41) is 0.645. The van der Waals surface area contributed by atoms with Crippen LogP contribution in [0, 0.1) is 6.92 Å². The maximum Gasteiger partial charge on any atom is 0.235 e. The lowest BCUT2D eigenvalue weighted by Crippen LogP contribution is -2.31. The van der Waals surface area contributed by atoms with Gasteiger partial charge in [-0.25, -0.2) is 4.79 Å². The number of aliphatic imine (C=N–C) groups is 1. The molecule has 0 heterocycles. The molecule has 2 rings (SSSR count). The number of rotatable bonds is 3. The Labute approximate surface area is 105 Å². The summed E-state index contributed by atoms with van der Waals surface area (Å²) in [7, 11) is 1.61. The number of nitrogens with zero attached hydrogens (tertiary/aromatic N) is 1. The van der Waals surface area contributed by atoms with Crippen LogP contribution in [0.2, 0.25) is 5.02 Å². The van der Waals surface area contributed by atoms with Crippen LogP contribution in [0.4, 0.5) is 0 Å². The summed E-state index contributed by atoms with van der Waals surface area (Å²) in [6.45, 7) is 1.90. The fraction of sp³-hybridized carbons (Fsp3) is 0.462. The van der Waals surface area contributed by atoms with Crippen molar-refractivity contribution >= 4 is 17.7 Å². The van der Waals surface area contributed by atoms with Crippen molar-refractivity contribution in [3.8, 4) is 5.75 Å². The van der Waals surface area contributed by atoms with Gasteiger partial charge in [0.25, 0.3) is 0 Å². The number of ether oxygens (including phenoxy) is 1. The van der Waals surface area contributed by atoms with E-state index in [1.807, 2.05) is 19.1 Å². The Bertz CT molecular complexity index is 488. The zero-order valence-corrected chi connectivity index (χ0v) is 10.7. The van der Waals surface area contributed by atoms with Crippen molar-refractivity contribution in [1.82, 2.24) is 0 Å². The van der Waals surface area contributed by atoms with Crippen LogP contribution in [-0.2, 0) is 10.3 Å². The van der Waals surface area contributed by atoms with Gasteiger partial charge in [-0.05, 0) is 43.9 Å². The van der Waals surface area contributed by atoms with Crippen LogP contribution < -0.4 is 4.74 Å². The minimum absolute atomic E-state index is 0.424. The monoisotopic (exact) mass is 251 g/mol. The molecule has 17 heavy (non-hydrogen) atoms. The number of methoxy groups -OCH3 is 1. The third-order valence-corrected chi connectivity index (χ3v) is 3.89. The number of carbonyl (C=O) groups excluding carboxylic acids is 1. The highest BCUT2D eigenvalue weighted by Gasteiger charge is 2.39. The van der Waals surface area contributed by atoms with Gasteiger partial charge in [0, 0.05) is 10.6 Å². The highest BCUT2D eigenvalue weighted by molar-refractivity contribution is 6.31. The van der Waals surface area contributed by atoms with Gasteiger partial charge in [0.05, 0.1) is 12.6 Å². The van der Waals surface area contributed by atoms with E-state index in [1.54, 1.807) is 13.2 Å². The van der Waals surface area contributed by atoms with Gasteiger partial charge in [0.2, 0.25) is 6.08 Å². The van der Waals surface area contributed by atoms with E-state index in [2.05, 4.69) is 4.99 Å². The first-order valence-electron chi connectivity index (χ1n) is 5.56. The van der Waals surface area contributed by atoms with Crippen molar-refractivity contribution in [2.45, 2.75) is 31.7 Å². The molecule has 0 amide bonds. The second-order valence-electron chi connectivity index (χ2n) is 4.37. The summed E-state index contributed by atoms with van der Waals surface area (Å²) in [5.74, 6) is 0.736. The molecule has 0 aliphatic heterocycles. The standard InChI is InChI=1S/C13H14ClNO2/c1-9-11(14)6-10(7-12(9)17-2)13(15-8-16)4-3-5-13/h6-7H,3-5H2,1-2H3. The Hall–Kier alpha value is -1.31. The molecule has 0 bridgehead atoms. The SMILES string of the molecule is COc1cc(C2(N=C=O)CCC2)cc(Cl)c1C. The summed E-state index contributed by atoms with van der Waals surface area (Å²) in [6, 6.07) is 3.79. The van der Waals surface area contributed by atoms with E-state index in [9.17, 15) is 4.79 Å². The maximum absolute atomic E-state index is 10.5. The third kappa shape index (κ3) is 1.97. The molecule has 1 aliphatic carbocycles. The maximum atomic E-state index is 10.5. The van der Waals surface area contributed by atoms with E-state index < -0.39 is 5.54 Å². The predicted octanol–water partition coefficient (Wildman–Crippen LogP) is 3.37. The number of hydrogen-bond acceptors (Lipinski definition) is 3. The zero-order valence-electron chi connectivity index (χ0n) is 9.92. The van der Waals surface area contributed by atoms with Crippen LogP contribution >= 0.6 is 11.6 Å². The lowest BCUT2D eigenvalue weighted by atomic mass is 9.72. The Morgan fingerprint density at radius 2 is 2.18 bits per heavy atom. The Morgan fingerprint density at radius 3 is 2.65 bits per heavy atom. The quantitative estimate of drug-likeness (QED) is 0.610. The normalized spacial score (nSPS) is 16.9. The highest BCUT2D eigenvalue weighted by Crippen LogP contribution is 2.46. The molecule has 0 spiro atoms. The number of hydrogen-bond donors (Lipinski definition) is 0. The number of isocyanates is 1. The fourth-order valence-corrected chi connectivity index (χ4v) is 2.41. The molecular formula is C13H14ClNO2. The summed E-state index contributed by atoms with van der Waals surface area (Å²) in [6.07, 6.45) is 4.47. The fourth-order valence-electron chi connectivity index (χ4n) is 2.20. The molecule has 0 saturated heterocycles. The molecule has 0 atom stereocenters. The molecule has 90 valence electrons. The average Bonchev–Trinajstić information content (AvgIpc) is 2.27. The average molecular weight is 252 g/mol. The molecule has 4 heteroatoms. The molecule has 0 radical (unpaired) electrons. The lowest BCUT2D eigenvalue weighted by molar-refractivity contribution is 0.255. The Morgan fingerprint density at radius 1 is 1.47 bits per heavy atom. The van der Waals surface area contributed by atoms with Crippen LogP contribution in [0.3, 0.4) is 0 Å². The van der Waals surface area contributed by atoms with Gasteiger partial charge in [-0.3, -0.25) is 0 Å². The van der Waals surface area contributed by atoms with E-state index in [-0.39, 0.29) is 0 Å². The summed E-state index contributed by atoms with van der Waals surface area (Å²) < 4.78 is 5.28. The molecule has 0 N–H and O–H groups in total. The second-order valence-corrected chi connectivity index (χ2v) is 4.78. The minimum Gasteiger partial charge on any atom is -0.496 e. The van der Waals surface area contributed by atoms with Crippen LogP contribution in [-0.4, -0.2) is 13.2 Å². The molecule has 1 fully saturated rings. The van der Waals surface area contributed by atoms with Crippen molar-refractivity contribution in [3.05, 3.63) is 28.3 Å². The van der Waals surface area contributed by atoms with E-state index in [0.29, 0.717) is 5.02 Å². The molecular weight excluding hydrogens is 238 g/mol. The zero-order chi connectivity index (χ0) is 12.5. The highest BCUT2D eigenvalue weighted by atomic mass is 35.5. The summed E-state index contributed by atoms with van der Waals surface area (Å²) in [4.78, 5) is 14.5. The van der Waals surface area contributed by atoms with Gasteiger partial charge in [-0.15, -0.1) is 0 Å². The Balaban J connectivity index is 2.52. The number of halogens is 1. The van der Waals surface area contributed by atoms with Gasteiger partial charge < -0.3 is 4.74 Å². The molecule has 1 aliphatic rings. The van der Waals surface area contributed by atoms with Crippen LogP contribution in [0.1, 0.15) is 30.4 Å². The van der Waals surface area contributed by atoms with Crippen LogP contribution in [0.5, 0.6) is 5.75 Å². The van der Waals surface area contributed by atoms with Gasteiger partial charge in [-0.1, -0.05) is 11.6 Å². The number of benzene rings is 1. The van der Waals surface area contributed by atoms with E-state index in [0.717, 1.165) is 36.1 Å². The summed E-state index contributed by atoms with van der Waals surface area (Å²) >= 11 is 6.16. The van der Waals surface area contributed by atoms with Crippen molar-refractivity contribution in [1.29, 1.82) is 0 Å². The molecule has 1 aromatic rings. The summed E-state index contributed by atoms with van der Waals surface area (Å²) in [5.41, 5.74) is 1.42. The van der Waals surface area contributed by atoms with Crippen LogP contribution in [0.15, 0.2) is 17.1 Å². The van der Waals surface area contributed by atoms with E-state index in [4.69, 9.17) is 16.3 Å². The van der Waals surface area contributed by atoms with Gasteiger partial charge in [0.1, 0.15) is 5.75 Å². The van der Waals surface area contributed by atoms with Gasteiger partial charge in [0.15, 0.2) is 0 Å². The van der Waals surface area contributed by atoms with Gasteiger partial charge >= 0.3 is 0 Å². The Kier molecular flexibility index (Phi) is 3.23. The molecule has 0 unspecified atom stereocenters. The van der Waals surface area contributed by atoms with Crippen molar-refractivity contribution < 1.29 is 9.53 Å². The minimum atomic E-state index is -0.424. The molecule has 3 nitrogen and oxygen atoms in total. The first-order valence-corrected chi connectivity index (χ1v) is 5.94. The first kappa shape index (κ1) is 12.2. The smallest absolute Gasteiger partial charge is 0.235 e. The first-order chi connectivity index (χ1) is 8.13. The van der Waals surface area contributed by atoms with Crippen LogP contribution in [0.25, 0.3) is 0 Å². The molecule has 1 aromatic carbocycles. The van der Waals surface area contributed by atoms with Gasteiger partial charge in [-0.2, -0.15) is 4.99 Å². The molecule has 1 saturated carbocycles. The largest absolute Gasteiger partial charge is 0.496 e. The van der Waals surface area contributed by atoms with E-state index in [1.165, 1.54) is 0 Å². The second kappa shape index (κ2) is 4.52. The topological polar surface area (TPSA) is 38.7 Å². The predicted molar refractivity (Wildman–Crippen MR) is 66.4 cm³/mol.